The minimum Gasteiger partial charge on any atom is -0.493 e. The molecule has 0 radical (unpaired) electrons. The van der Waals surface area contributed by atoms with E-state index in [1.165, 1.54) is 0 Å². The molecule has 1 unspecified atom stereocenters. The second-order valence-electron chi connectivity index (χ2n) is 6.15. The van der Waals surface area contributed by atoms with Gasteiger partial charge in [0.15, 0.2) is 17.3 Å². The van der Waals surface area contributed by atoms with Gasteiger partial charge in [0.2, 0.25) is 0 Å². The quantitative estimate of drug-likeness (QED) is 0.617. The Bertz CT molecular complexity index is 725. The molecule has 1 atom stereocenters. The van der Waals surface area contributed by atoms with E-state index >= 15 is 0 Å². The molecule has 1 aromatic rings. The molecule has 2 aliphatic heterocycles. The van der Waals surface area contributed by atoms with Crippen LogP contribution in [-0.4, -0.2) is 44.0 Å². The first-order valence-electron chi connectivity index (χ1n) is 8.51. The van der Waals surface area contributed by atoms with Crippen LogP contribution in [0.1, 0.15) is 36.9 Å². The molecule has 0 aliphatic carbocycles. The molecule has 6 nitrogen and oxygen atoms in total. The van der Waals surface area contributed by atoms with Crippen molar-refractivity contribution in [1.82, 2.24) is 4.90 Å². The zero-order chi connectivity index (χ0) is 18.0. The second kappa shape index (κ2) is 7.17. The molecule has 0 N–H and O–H groups in total. The lowest BCUT2D eigenvalue weighted by Gasteiger charge is -2.34. The van der Waals surface area contributed by atoms with Crippen molar-refractivity contribution in [3.63, 3.8) is 0 Å². The van der Waals surface area contributed by atoms with Gasteiger partial charge < -0.3 is 19.1 Å². The fourth-order valence-corrected chi connectivity index (χ4v) is 3.53. The molecule has 2 aliphatic rings. The van der Waals surface area contributed by atoms with Crippen LogP contribution < -0.4 is 9.47 Å². The largest absolute Gasteiger partial charge is 0.493 e. The number of Topliss-reactive ketones (excluding diaryl/α,β-unsaturated/α-hetero) is 1. The lowest BCUT2D eigenvalue weighted by atomic mass is 9.90. The van der Waals surface area contributed by atoms with Gasteiger partial charge in [0, 0.05) is 19.2 Å². The van der Waals surface area contributed by atoms with Gasteiger partial charge in [-0.1, -0.05) is 0 Å². The van der Waals surface area contributed by atoms with Gasteiger partial charge >= 0.3 is 5.97 Å². The minimum atomic E-state index is -0.539. The number of hydrogen-bond donors (Lipinski definition) is 0. The molecule has 0 saturated heterocycles. The maximum atomic E-state index is 12.5. The number of carbonyl (C=O) groups is 2. The first kappa shape index (κ1) is 17.3. The molecular weight excluding hydrogens is 322 g/mol. The summed E-state index contributed by atoms with van der Waals surface area (Å²) in [4.78, 5) is 26.6. The number of benzene rings is 1. The number of ketones is 1. The molecule has 0 spiro atoms. The lowest BCUT2D eigenvalue weighted by Crippen LogP contribution is -2.34. The van der Waals surface area contributed by atoms with E-state index in [4.69, 9.17) is 14.2 Å². The maximum Gasteiger partial charge on any atom is 0.343 e. The number of rotatable bonds is 4. The predicted molar refractivity (Wildman–Crippen MR) is 91.7 cm³/mol. The summed E-state index contributed by atoms with van der Waals surface area (Å²) in [5.41, 5.74) is 2.36. The highest BCUT2D eigenvalue weighted by Crippen LogP contribution is 2.41. The molecule has 0 saturated carbocycles. The van der Waals surface area contributed by atoms with Crippen molar-refractivity contribution in [2.75, 3.05) is 27.4 Å². The van der Waals surface area contributed by atoms with E-state index in [0.717, 1.165) is 30.5 Å². The van der Waals surface area contributed by atoms with E-state index in [1.54, 1.807) is 27.3 Å². The highest BCUT2D eigenvalue weighted by atomic mass is 16.5. The topological polar surface area (TPSA) is 65.1 Å². The fourth-order valence-electron chi connectivity index (χ4n) is 3.53. The molecule has 0 fully saturated rings. The van der Waals surface area contributed by atoms with Crippen molar-refractivity contribution in [3.8, 4) is 11.5 Å². The fraction of sp³-hybridized carbons (Fsp3) is 0.474. The smallest absolute Gasteiger partial charge is 0.343 e. The van der Waals surface area contributed by atoms with Crippen molar-refractivity contribution in [2.24, 2.45) is 0 Å². The SMILES string of the molecule is CCOC(=O)C1=CN2CCCc3cc(OC)c(OC)cc3C2CC1=O. The van der Waals surface area contributed by atoms with Crippen molar-refractivity contribution >= 4 is 11.8 Å². The van der Waals surface area contributed by atoms with Gasteiger partial charge in [-0.3, -0.25) is 4.79 Å². The number of hydrogen-bond acceptors (Lipinski definition) is 6. The summed E-state index contributed by atoms with van der Waals surface area (Å²) in [7, 11) is 3.22. The van der Waals surface area contributed by atoms with Crippen LogP contribution in [0.25, 0.3) is 0 Å². The number of nitrogens with zero attached hydrogens (tertiary/aromatic N) is 1. The first-order chi connectivity index (χ1) is 12.1. The monoisotopic (exact) mass is 345 g/mol. The molecule has 2 heterocycles. The van der Waals surface area contributed by atoms with Gasteiger partial charge in [-0.15, -0.1) is 0 Å². The zero-order valence-electron chi connectivity index (χ0n) is 14.8. The number of ether oxygens (including phenoxy) is 3. The average molecular weight is 345 g/mol. The van der Waals surface area contributed by atoms with Crippen molar-refractivity contribution in [1.29, 1.82) is 0 Å². The average Bonchev–Trinajstić information content (AvgIpc) is 2.78. The number of esters is 1. The Morgan fingerprint density at radius 3 is 2.64 bits per heavy atom. The van der Waals surface area contributed by atoms with Gasteiger partial charge in [-0.2, -0.15) is 0 Å². The van der Waals surface area contributed by atoms with Gasteiger partial charge in [0.1, 0.15) is 5.57 Å². The summed E-state index contributed by atoms with van der Waals surface area (Å²) in [5.74, 6) is 0.625. The normalized spacial score (nSPS) is 19.3. The predicted octanol–water partition coefficient (Wildman–Crippen LogP) is 2.41. The van der Waals surface area contributed by atoms with Gasteiger partial charge in [-0.25, -0.2) is 4.79 Å². The summed E-state index contributed by atoms with van der Waals surface area (Å²) >= 11 is 0. The Labute approximate surface area is 147 Å². The number of aryl methyl sites for hydroxylation is 1. The molecule has 3 rings (SSSR count). The third-order valence-corrected chi connectivity index (χ3v) is 4.74. The van der Waals surface area contributed by atoms with Gasteiger partial charge in [0.05, 0.1) is 26.9 Å². The summed E-state index contributed by atoms with van der Waals surface area (Å²) in [6, 6.07) is 3.85. The Hall–Kier alpha value is -2.50. The van der Waals surface area contributed by atoms with Crippen LogP contribution in [-0.2, 0) is 20.7 Å². The Morgan fingerprint density at radius 2 is 1.96 bits per heavy atom. The number of methoxy groups -OCH3 is 2. The van der Waals surface area contributed by atoms with Gasteiger partial charge in [0.25, 0.3) is 0 Å². The van der Waals surface area contributed by atoms with Crippen molar-refractivity contribution in [2.45, 2.75) is 32.2 Å². The van der Waals surface area contributed by atoms with Crippen LogP contribution >= 0.6 is 0 Å². The molecule has 6 heteroatoms. The molecule has 134 valence electrons. The molecule has 0 bridgehead atoms. The Kier molecular flexibility index (Phi) is 4.97. The van der Waals surface area contributed by atoms with Gasteiger partial charge in [-0.05, 0) is 43.0 Å². The van der Waals surface area contributed by atoms with Crippen LogP contribution in [0.15, 0.2) is 23.9 Å². The van der Waals surface area contributed by atoms with Crippen LogP contribution in [0.5, 0.6) is 11.5 Å². The minimum absolute atomic E-state index is 0.0945. The maximum absolute atomic E-state index is 12.5. The number of fused-ring (bicyclic) bond motifs is 3. The zero-order valence-corrected chi connectivity index (χ0v) is 14.8. The van der Waals surface area contributed by atoms with E-state index in [0.29, 0.717) is 11.5 Å². The van der Waals surface area contributed by atoms with E-state index in [2.05, 4.69) is 4.90 Å². The van der Waals surface area contributed by atoms with E-state index in [-0.39, 0.29) is 30.4 Å². The van der Waals surface area contributed by atoms with Crippen LogP contribution in [0.4, 0.5) is 0 Å². The molecule has 0 amide bonds. The van der Waals surface area contributed by atoms with Crippen LogP contribution in [0.2, 0.25) is 0 Å². The summed E-state index contributed by atoms with van der Waals surface area (Å²) in [6.45, 7) is 2.77. The van der Waals surface area contributed by atoms with Crippen LogP contribution in [0.3, 0.4) is 0 Å². The van der Waals surface area contributed by atoms with Crippen molar-refractivity contribution < 1.29 is 23.8 Å². The molecule has 25 heavy (non-hydrogen) atoms. The van der Waals surface area contributed by atoms with Crippen LogP contribution in [0, 0.1) is 0 Å². The standard InChI is InChI=1S/C19H23NO5/c1-4-25-19(22)14-11-20-7-5-6-12-8-17(23-2)18(24-3)9-13(12)15(20)10-16(14)21/h8-9,11,15H,4-7,10H2,1-3H3. The van der Waals surface area contributed by atoms with E-state index in [9.17, 15) is 9.59 Å². The highest BCUT2D eigenvalue weighted by molar-refractivity contribution is 6.17. The third kappa shape index (κ3) is 3.21. The van der Waals surface area contributed by atoms with E-state index < -0.39 is 5.97 Å². The summed E-state index contributed by atoms with van der Waals surface area (Å²) < 4.78 is 15.8. The Balaban J connectivity index is 2.01. The summed E-state index contributed by atoms with van der Waals surface area (Å²) in [6.07, 6.45) is 3.74. The van der Waals surface area contributed by atoms with E-state index in [1.807, 2.05) is 12.1 Å². The summed E-state index contributed by atoms with van der Waals surface area (Å²) in [5, 5.41) is 0. The second-order valence-corrected chi connectivity index (χ2v) is 6.15. The third-order valence-electron chi connectivity index (χ3n) is 4.74. The Morgan fingerprint density at radius 1 is 1.24 bits per heavy atom. The molecule has 0 aromatic heterocycles. The molecule has 1 aromatic carbocycles. The van der Waals surface area contributed by atoms with Crippen molar-refractivity contribution in [3.05, 3.63) is 35.0 Å². The molecular formula is C19H23NO5. The number of carbonyl (C=O) groups excluding carboxylic acids is 2. The lowest BCUT2D eigenvalue weighted by molar-refractivity contribution is -0.140. The highest BCUT2D eigenvalue weighted by Gasteiger charge is 2.35. The first-order valence-corrected chi connectivity index (χ1v) is 8.51.